The minimum absolute atomic E-state index is 0.146. The minimum Gasteiger partial charge on any atom is -0.463 e. The first-order chi connectivity index (χ1) is 9.41. The van der Waals surface area contributed by atoms with Gasteiger partial charge in [0.2, 0.25) is 0 Å². The number of rotatable bonds is 2. The molecule has 0 bridgehead atoms. The van der Waals surface area contributed by atoms with Crippen LogP contribution in [0.3, 0.4) is 0 Å². The summed E-state index contributed by atoms with van der Waals surface area (Å²) in [6.07, 6.45) is -1.21. The van der Waals surface area contributed by atoms with Crippen LogP contribution in [0.25, 0.3) is 0 Å². The van der Waals surface area contributed by atoms with Gasteiger partial charge in [-0.05, 0) is 20.8 Å². The Balaban J connectivity index is 1.79. The molecule has 0 radical (unpaired) electrons. The smallest absolute Gasteiger partial charge is 0.337 e. The van der Waals surface area contributed by atoms with Gasteiger partial charge in [-0.25, -0.2) is 9.59 Å². The summed E-state index contributed by atoms with van der Waals surface area (Å²) in [5.74, 6) is -1.96. The second kappa shape index (κ2) is 4.54. The van der Waals surface area contributed by atoms with Crippen LogP contribution in [0.2, 0.25) is 0 Å². The quantitative estimate of drug-likeness (QED) is 0.532. The third-order valence-corrected chi connectivity index (χ3v) is 3.34. The Labute approximate surface area is 115 Å². The Morgan fingerprint density at radius 1 is 1.35 bits per heavy atom. The number of fused-ring (bicyclic) bond motifs is 3. The summed E-state index contributed by atoms with van der Waals surface area (Å²) < 4.78 is 26.9. The molecule has 3 saturated heterocycles. The standard InChI is InChI=1S/C13H16O7/c1-4-16-7(14)5-6-8-9(17-11(6)15)10-12(18-8)20-13(2,3)19-10/h5,8-10,12H,4H2,1-3H3/b6-5+/t8-,9-,10+,12-/m0/s1. The monoisotopic (exact) mass is 284 g/mol. The van der Waals surface area contributed by atoms with Crippen molar-refractivity contribution in [1.82, 2.24) is 0 Å². The van der Waals surface area contributed by atoms with E-state index in [1.165, 1.54) is 0 Å². The predicted octanol–water partition coefficient (Wildman–Crippen LogP) is 0.278. The molecule has 110 valence electrons. The number of carbonyl (C=O) groups excluding carboxylic acids is 2. The number of ether oxygens (including phenoxy) is 5. The summed E-state index contributed by atoms with van der Waals surface area (Å²) in [5.41, 5.74) is 0.146. The topological polar surface area (TPSA) is 80.3 Å². The Hall–Kier alpha value is -1.44. The van der Waals surface area contributed by atoms with Crippen molar-refractivity contribution in [3.63, 3.8) is 0 Å². The molecule has 20 heavy (non-hydrogen) atoms. The van der Waals surface area contributed by atoms with E-state index in [1.807, 2.05) is 0 Å². The molecule has 7 heteroatoms. The van der Waals surface area contributed by atoms with Crippen molar-refractivity contribution in [2.75, 3.05) is 6.61 Å². The molecule has 0 N–H and O–H groups in total. The Morgan fingerprint density at radius 3 is 2.80 bits per heavy atom. The molecular formula is C13H16O7. The van der Waals surface area contributed by atoms with Crippen LogP contribution in [0.15, 0.2) is 11.6 Å². The molecule has 3 rings (SSSR count). The highest BCUT2D eigenvalue weighted by Crippen LogP contribution is 2.43. The maximum Gasteiger partial charge on any atom is 0.337 e. The lowest BCUT2D eigenvalue weighted by atomic mass is 10.1. The SMILES string of the molecule is CCOC(=O)/C=C1/C(=O)O[C@@H]2[C@H]3OC(C)(C)O[C@@H]3O[C@@H]12. The van der Waals surface area contributed by atoms with Crippen LogP contribution >= 0.6 is 0 Å². The van der Waals surface area contributed by atoms with Crippen LogP contribution in [0.4, 0.5) is 0 Å². The van der Waals surface area contributed by atoms with Crippen molar-refractivity contribution < 1.29 is 33.3 Å². The van der Waals surface area contributed by atoms with Gasteiger partial charge < -0.3 is 23.7 Å². The molecule has 0 amide bonds. The zero-order valence-corrected chi connectivity index (χ0v) is 11.5. The third-order valence-electron chi connectivity index (χ3n) is 3.34. The number of hydrogen-bond donors (Lipinski definition) is 0. The fraction of sp³-hybridized carbons (Fsp3) is 0.692. The average Bonchev–Trinajstić information content (AvgIpc) is 2.89. The van der Waals surface area contributed by atoms with E-state index in [2.05, 4.69) is 0 Å². The zero-order chi connectivity index (χ0) is 14.5. The first-order valence-electron chi connectivity index (χ1n) is 6.52. The van der Waals surface area contributed by atoms with Gasteiger partial charge in [0.25, 0.3) is 0 Å². The highest BCUT2D eigenvalue weighted by atomic mass is 16.8. The molecule has 0 unspecified atom stereocenters. The molecule has 3 fully saturated rings. The lowest BCUT2D eigenvalue weighted by molar-refractivity contribution is -0.207. The van der Waals surface area contributed by atoms with E-state index in [-0.39, 0.29) is 12.2 Å². The van der Waals surface area contributed by atoms with E-state index >= 15 is 0 Å². The molecule has 0 aromatic heterocycles. The maximum absolute atomic E-state index is 11.8. The second-order valence-corrected chi connectivity index (χ2v) is 5.25. The van der Waals surface area contributed by atoms with Crippen molar-refractivity contribution >= 4 is 11.9 Å². The van der Waals surface area contributed by atoms with Crippen LogP contribution in [-0.2, 0) is 33.3 Å². The molecule has 0 aromatic carbocycles. The molecule has 3 aliphatic rings. The summed E-state index contributed by atoms with van der Waals surface area (Å²) in [5, 5.41) is 0. The summed E-state index contributed by atoms with van der Waals surface area (Å²) >= 11 is 0. The second-order valence-electron chi connectivity index (χ2n) is 5.25. The van der Waals surface area contributed by atoms with E-state index in [0.717, 1.165) is 6.08 Å². The molecule has 0 spiro atoms. The summed E-state index contributed by atoms with van der Waals surface area (Å²) in [7, 11) is 0. The molecule has 0 aromatic rings. The number of esters is 2. The lowest BCUT2D eigenvalue weighted by Crippen LogP contribution is -2.32. The van der Waals surface area contributed by atoms with E-state index in [1.54, 1.807) is 20.8 Å². The number of carbonyl (C=O) groups is 2. The fourth-order valence-electron chi connectivity index (χ4n) is 2.62. The lowest BCUT2D eigenvalue weighted by Gasteiger charge is -2.20. The molecule has 7 nitrogen and oxygen atoms in total. The largest absolute Gasteiger partial charge is 0.463 e. The third kappa shape index (κ3) is 2.11. The molecular weight excluding hydrogens is 268 g/mol. The van der Waals surface area contributed by atoms with Crippen LogP contribution < -0.4 is 0 Å². The first-order valence-corrected chi connectivity index (χ1v) is 6.52. The van der Waals surface area contributed by atoms with E-state index in [0.29, 0.717) is 0 Å². The van der Waals surface area contributed by atoms with Crippen molar-refractivity contribution in [3.8, 4) is 0 Å². The molecule has 3 heterocycles. The normalized spacial score (nSPS) is 39.5. The van der Waals surface area contributed by atoms with Gasteiger partial charge in [0.05, 0.1) is 12.2 Å². The van der Waals surface area contributed by atoms with Crippen LogP contribution in [-0.4, -0.2) is 48.9 Å². The first kappa shape index (κ1) is 13.5. The zero-order valence-electron chi connectivity index (χ0n) is 11.5. The summed E-state index contributed by atoms with van der Waals surface area (Å²) in [4.78, 5) is 23.3. The van der Waals surface area contributed by atoms with Crippen molar-refractivity contribution in [2.24, 2.45) is 0 Å². The van der Waals surface area contributed by atoms with E-state index in [9.17, 15) is 9.59 Å². The average molecular weight is 284 g/mol. The summed E-state index contributed by atoms with van der Waals surface area (Å²) in [6.45, 7) is 5.44. The highest BCUT2D eigenvalue weighted by Gasteiger charge is 2.61. The molecule has 0 saturated carbocycles. The molecule has 0 aliphatic carbocycles. The fourth-order valence-corrected chi connectivity index (χ4v) is 2.62. The minimum atomic E-state index is -0.777. The maximum atomic E-state index is 11.8. The van der Waals surface area contributed by atoms with Gasteiger partial charge in [-0.2, -0.15) is 0 Å². The Bertz CT molecular complexity index is 481. The molecule has 4 atom stereocenters. The predicted molar refractivity (Wildman–Crippen MR) is 63.3 cm³/mol. The van der Waals surface area contributed by atoms with E-state index < -0.39 is 42.3 Å². The van der Waals surface area contributed by atoms with Gasteiger partial charge in [0, 0.05) is 6.08 Å². The number of hydrogen-bond acceptors (Lipinski definition) is 7. The molecule has 3 aliphatic heterocycles. The van der Waals surface area contributed by atoms with Gasteiger partial charge in [-0.3, -0.25) is 0 Å². The highest BCUT2D eigenvalue weighted by molar-refractivity contribution is 5.99. The van der Waals surface area contributed by atoms with Gasteiger partial charge in [-0.15, -0.1) is 0 Å². The van der Waals surface area contributed by atoms with Crippen molar-refractivity contribution in [2.45, 2.75) is 51.2 Å². The van der Waals surface area contributed by atoms with Gasteiger partial charge in [-0.1, -0.05) is 0 Å². The Kier molecular flexibility index (Phi) is 3.07. The van der Waals surface area contributed by atoms with Crippen molar-refractivity contribution in [1.29, 1.82) is 0 Å². The summed E-state index contributed by atoms with van der Waals surface area (Å²) in [6, 6.07) is 0. The van der Waals surface area contributed by atoms with E-state index in [4.69, 9.17) is 23.7 Å². The van der Waals surface area contributed by atoms with Gasteiger partial charge in [0.1, 0.15) is 6.10 Å². The van der Waals surface area contributed by atoms with Crippen LogP contribution in [0.5, 0.6) is 0 Å². The van der Waals surface area contributed by atoms with Crippen LogP contribution in [0, 0.1) is 0 Å². The van der Waals surface area contributed by atoms with Gasteiger partial charge >= 0.3 is 11.9 Å². The van der Waals surface area contributed by atoms with Gasteiger partial charge in [0.15, 0.2) is 24.3 Å². The van der Waals surface area contributed by atoms with Crippen LogP contribution in [0.1, 0.15) is 20.8 Å². The van der Waals surface area contributed by atoms with Crippen molar-refractivity contribution in [3.05, 3.63) is 11.6 Å². The Morgan fingerprint density at radius 2 is 2.10 bits per heavy atom.